The molecule has 1 aliphatic carbocycles. The lowest BCUT2D eigenvalue weighted by atomic mass is 9.79. The molecule has 0 bridgehead atoms. The molecule has 1 saturated carbocycles. The predicted octanol–water partition coefficient (Wildman–Crippen LogP) is 3.74. The van der Waals surface area contributed by atoms with Gasteiger partial charge in [-0.1, -0.05) is 13.8 Å². The van der Waals surface area contributed by atoms with Crippen molar-refractivity contribution in [1.29, 1.82) is 0 Å². The Bertz CT molecular complexity index is 484. The molecule has 1 aliphatic rings. The van der Waals surface area contributed by atoms with Crippen LogP contribution in [0.4, 0.5) is 5.13 Å². The molecule has 0 spiro atoms. The molecule has 0 radical (unpaired) electrons. The van der Waals surface area contributed by atoms with E-state index in [1.54, 1.807) is 13.8 Å². The van der Waals surface area contributed by atoms with Crippen molar-refractivity contribution in [3.8, 4) is 0 Å². The molecule has 1 aromatic heterocycles. The minimum atomic E-state index is -0.926. The summed E-state index contributed by atoms with van der Waals surface area (Å²) < 4.78 is 0. The average Bonchev–Trinajstić information content (AvgIpc) is 2.83. The normalized spacial score (nSPS) is 27.3. The summed E-state index contributed by atoms with van der Waals surface area (Å²) >= 11 is 1.50. The van der Waals surface area contributed by atoms with Gasteiger partial charge in [-0.05, 0) is 44.9 Å². The number of thiazole rings is 1. The fraction of sp³-hybridized carbons (Fsp3) is 0.733. The van der Waals surface area contributed by atoms with Gasteiger partial charge >= 0.3 is 5.97 Å². The Labute approximate surface area is 124 Å². The van der Waals surface area contributed by atoms with Crippen molar-refractivity contribution in [2.75, 3.05) is 5.32 Å². The van der Waals surface area contributed by atoms with Crippen LogP contribution >= 0.6 is 11.3 Å². The monoisotopic (exact) mass is 296 g/mol. The fourth-order valence-electron chi connectivity index (χ4n) is 2.59. The number of aromatic nitrogens is 1. The van der Waals surface area contributed by atoms with Gasteiger partial charge in [0.2, 0.25) is 0 Å². The lowest BCUT2D eigenvalue weighted by Gasteiger charge is -2.32. The summed E-state index contributed by atoms with van der Waals surface area (Å²) in [6.07, 6.45) is 3.58. The molecule has 0 saturated heterocycles. The largest absolute Gasteiger partial charge is 0.481 e. The maximum atomic E-state index is 11.2. The quantitative estimate of drug-likeness (QED) is 0.888. The van der Waals surface area contributed by atoms with Crippen molar-refractivity contribution < 1.29 is 9.90 Å². The van der Waals surface area contributed by atoms with E-state index in [2.05, 4.69) is 24.1 Å². The number of nitrogens with one attached hydrogen (secondary N) is 1. The standard InChI is InChI=1S/C15H24N2O2S/c1-9-5-6-11(7-10(9)2)16-14-17-12(8-20-14)15(3,4)13(18)19/h8-11H,5-7H2,1-4H3,(H,16,17)(H,18,19). The summed E-state index contributed by atoms with van der Waals surface area (Å²) in [4.78, 5) is 15.7. The van der Waals surface area contributed by atoms with Crippen LogP contribution in [0.2, 0.25) is 0 Å². The maximum absolute atomic E-state index is 11.2. The Morgan fingerprint density at radius 3 is 2.70 bits per heavy atom. The number of carboxylic acids is 1. The highest BCUT2D eigenvalue weighted by molar-refractivity contribution is 7.13. The SMILES string of the molecule is CC1CCC(Nc2nc(C(C)(C)C(=O)O)cs2)CC1C. The molecule has 1 fully saturated rings. The number of hydrogen-bond donors (Lipinski definition) is 2. The van der Waals surface area contributed by atoms with Gasteiger partial charge in [0.1, 0.15) is 5.41 Å². The second-order valence-electron chi connectivity index (χ2n) is 6.58. The highest BCUT2D eigenvalue weighted by Gasteiger charge is 2.32. The van der Waals surface area contributed by atoms with Crippen LogP contribution in [0.1, 0.15) is 52.7 Å². The summed E-state index contributed by atoms with van der Waals surface area (Å²) in [6.45, 7) is 8.01. The minimum Gasteiger partial charge on any atom is -0.481 e. The first-order chi connectivity index (χ1) is 9.30. The summed E-state index contributed by atoms with van der Waals surface area (Å²) in [5.41, 5.74) is -0.292. The number of hydrogen-bond acceptors (Lipinski definition) is 4. The zero-order valence-corrected chi connectivity index (χ0v) is 13.5. The van der Waals surface area contributed by atoms with Crippen molar-refractivity contribution in [3.63, 3.8) is 0 Å². The summed E-state index contributed by atoms with van der Waals surface area (Å²) in [6, 6.07) is 0.466. The maximum Gasteiger partial charge on any atom is 0.315 e. The molecule has 112 valence electrons. The lowest BCUT2D eigenvalue weighted by Crippen LogP contribution is -2.31. The van der Waals surface area contributed by atoms with Gasteiger partial charge in [-0.15, -0.1) is 11.3 Å². The molecule has 4 nitrogen and oxygen atoms in total. The Kier molecular flexibility index (Phi) is 4.37. The molecule has 3 unspecified atom stereocenters. The Morgan fingerprint density at radius 1 is 1.40 bits per heavy atom. The van der Waals surface area contributed by atoms with E-state index in [-0.39, 0.29) is 0 Å². The number of anilines is 1. The smallest absolute Gasteiger partial charge is 0.315 e. The Hall–Kier alpha value is -1.10. The zero-order chi connectivity index (χ0) is 14.9. The van der Waals surface area contributed by atoms with Crippen LogP contribution in [-0.4, -0.2) is 22.1 Å². The molecule has 0 amide bonds. The molecule has 1 aromatic rings. The molecule has 0 aliphatic heterocycles. The molecule has 0 aromatic carbocycles. The zero-order valence-electron chi connectivity index (χ0n) is 12.6. The van der Waals surface area contributed by atoms with Gasteiger partial charge in [-0.25, -0.2) is 4.98 Å². The number of aliphatic carboxylic acids is 1. The molecular formula is C15H24N2O2S. The number of carbonyl (C=O) groups is 1. The highest BCUT2D eigenvalue weighted by Crippen LogP contribution is 2.33. The molecule has 3 atom stereocenters. The lowest BCUT2D eigenvalue weighted by molar-refractivity contribution is -0.142. The van der Waals surface area contributed by atoms with E-state index in [9.17, 15) is 9.90 Å². The van der Waals surface area contributed by atoms with Crippen molar-refractivity contribution in [1.82, 2.24) is 4.98 Å². The van der Waals surface area contributed by atoms with Crippen LogP contribution in [0, 0.1) is 11.8 Å². The van der Waals surface area contributed by atoms with E-state index in [1.165, 1.54) is 30.6 Å². The van der Waals surface area contributed by atoms with Crippen LogP contribution < -0.4 is 5.32 Å². The van der Waals surface area contributed by atoms with E-state index >= 15 is 0 Å². The number of rotatable bonds is 4. The molecule has 5 heteroatoms. The van der Waals surface area contributed by atoms with Crippen LogP contribution in [-0.2, 0) is 10.2 Å². The van der Waals surface area contributed by atoms with Crippen LogP contribution in [0.15, 0.2) is 5.38 Å². The van der Waals surface area contributed by atoms with E-state index in [0.29, 0.717) is 11.7 Å². The Morgan fingerprint density at radius 2 is 2.10 bits per heavy atom. The van der Waals surface area contributed by atoms with Gasteiger partial charge in [0.15, 0.2) is 5.13 Å². The first-order valence-electron chi connectivity index (χ1n) is 7.26. The fourth-order valence-corrected chi connectivity index (χ4v) is 3.55. The number of nitrogens with zero attached hydrogens (tertiary/aromatic N) is 1. The summed E-state index contributed by atoms with van der Waals surface area (Å²) in [5, 5.41) is 15.4. The topological polar surface area (TPSA) is 62.2 Å². The number of carboxylic acid groups (broad SMARTS) is 1. The predicted molar refractivity (Wildman–Crippen MR) is 82.4 cm³/mol. The minimum absolute atomic E-state index is 0.466. The van der Waals surface area contributed by atoms with Gasteiger partial charge in [-0.2, -0.15) is 0 Å². The molecule has 1 heterocycles. The third-order valence-corrected chi connectivity index (χ3v) is 5.38. The van der Waals surface area contributed by atoms with Crippen molar-refractivity contribution in [3.05, 3.63) is 11.1 Å². The third-order valence-electron chi connectivity index (χ3n) is 4.60. The van der Waals surface area contributed by atoms with Crippen LogP contribution in [0.5, 0.6) is 0 Å². The Balaban J connectivity index is 2.02. The average molecular weight is 296 g/mol. The second kappa shape index (κ2) is 5.72. The molecule has 20 heavy (non-hydrogen) atoms. The van der Waals surface area contributed by atoms with E-state index in [4.69, 9.17) is 0 Å². The van der Waals surface area contributed by atoms with E-state index in [1.807, 2.05) is 5.38 Å². The molecule has 2 rings (SSSR count). The molecular weight excluding hydrogens is 272 g/mol. The van der Waals surface area contributed by atoms with Crippen molar-refractivity contribution >= 4 is 22.4 Å². The third kappa shape index (κ3) is 3.14. The van der Waals surface area contributed by atoms with Gasteiger partial charge in [0.25, 0.3) is 0 Å². The second-order valence-corrected chi connectivity index (χ2v) is 7.44. The summed E-state index contributed by atoms with van der Waals surface area (Å²) in [5.74, 6) is 0.691. The van der Waals surface area contributed by atoms with Gasteiger partial charge < -0.3 is 10.4 Å². The van der Waals surface area contributed by atoms with Gasteiger partial charge in [0.05, 0.1) is 5.69 Å². The van der Waals surface area contributed by atoms with Crippen LogP contribution in [0.25, 0.3) is 0 Å². The van der Waals surface area contributed by atoms with Crippen LogP contribution in [0.3, 0.4) is 0 Å². The van der Waals surface area contributed by atoms with Gasteiger partial charge in [-0.3, -0.25) is 4.79 Å². The van der Waals surface area contributed by atoms with E-state index < -0.39 is 11.4 Å². The van der Waals surface area contributed by atoms with Crippen molar-refractivity contribution in [2.24, 2.45) is 11.8 Å². The first-order valence-corrected chi connectivity index (χ1v) is 8.14. The summed E-state index contributed by atoms with van der Waals surface area (Å²) in [7, 11) is 0. The van der Waals surface area contributed by atoms with E-state index in [0.717, 1.165) is 17.0 Å². The van der Waals surface area contributed by atoms with Gasteiger partial charge in [0, 0.05) is 11.4 Å². The first kappa shape index (κ1) is 15.3. The molecule has 2 N–H and O–H groups in total. The van der Waals surface area contributed by atoms with Crippen molar-refractivity contribution in [2.45, 2.75) is 58.4 Å². The highest BCUT2D eigenvalue weighted by atomic mass is 32.1.